The first-order chi connectivity index (χ1) is 8.25. The highest BCUT2D eigenvalue weighted by molar-refractivity contribution is 5.92. The van der Waals surface area contributed by atoms with E-state index in [2.05, 4.69) is 0 Å². The zero-order valence-electron chi connectivity index (χ0n) is 9.26. The second kappa shape index (κ2) is 3.92. The summed E-state index contributed by atoms with van der Waals surface area (Å²) in [5.41, 5.74) is 1.69. The Morgan fingerprint density at radius 1 is 1.59 bits per heavy atom. The smallest absolute Gasteiger partial charge is 0.352 e. The molecule has 2 aromatic heterocycles. The van der Waals surface area contributed by atoms with Crippen LogP contribution < -0.4 is 0 Å². The number of fused-ring (bicyclic) bond motifs is 1. The first-order valence-corrected chi connectivity index (χ1v) is 5.67. The maximum Gasteiger partial charge on any atom is 0.352 e. The highest BCUT2D eigenvalue weighted by Gasteiger charge is 2.22. The number of aromatic nitrogens is 1. The first kappa shape index (κ1) is 10.4. The van der Waals surface area contributed by atoms with Crippen LogP contribution in [0.15, 0.2) is 22.8 Å². The Hall–Kier alpha value is -1.75. The fraction of sp³-hybridized carbons (Fsp3) is 0.417. The summed E-state index contributed by atoms with van der Waals surface area (Å²) in [5.74, 6) is -0.936. The molecule has 3 rings (SSSR count). The van der Waals surface area contributed by atoms with Crippen LogP contribution in [0.2, 0.25) is 0 Å². The van der Waals surface area contributed by atoms with Gasteiger partial charge in [0, 0.05) is 25.3 Å². The van der Waals surface area contributed by atoms with E-state index in [0.29, 0.717) is 12.1 Å². The van der Waals surface area contributed by atoms with Gasteiger partial charge in [0.15, 0.2) is 5.58 Å². The molecule has 5 nitrogen and oxygen atoms in total. The normalized spacial score (nSPS) is 20.1. The van der Waals surface area contributed by atoms with Gasteiger partial charge in [-0.1, -0.05) is 0 Å². The molecule has 0 saturated carbocycles. The van der Waals surface area contributed by atoms with Crippen molar-refractivity contribution in [3.63, 3.8) is 0 Å². The fourth-order valence-corrected chi connectivity index (χ4v) is 2.34. The number of furan rings is 1. The molecule has 1 aliphatic rings. The van der Waals surface area contributed by atoms with E-state index in [9.17, 15) is 4.79 Å². The third-order valence-electron chi connectivity index (χ3n) is 3.15. The van der Waals surface area contributed by atoms with Crippen LogP contribution >= 0.6 is 0 Å². The minimum absolute atomic E-state index is 0.110. The molecular formula is C12H13NO4. The quantitative estimate of drug-likeness (QED) is 0.884. The van der Waals surface area contributed by atoms with Crippen LogP contribution in [0.4, 0.5) is 0 Å². The van der Waals surface area contributed by atoms with Crippen LogP contribution in [0.3, 0.4) is 0 Å². The molecule has 5 heteroatoms. The van der Waals surface area contributed by atoms with E-state index >= 15 is 0 Å². The minimum Gasteiger partial charge on any atom is -0.477 e. The highest BCUT2D eigenvalue weighted by atomic mass is 16.5. The molecule has 2 aromatic rings. The van der Waals surface area contributed by atoms with Crippen molar-refractivity contribution in [3.8, 4) is 0 Å². The lowest BCUT2D eigenvalue weighted by Crippen LogP contribution is -2.18. The van der Waals surface area contributed by atoms with E-state index in [1.54, 1.807) is 23.0 Å². The summed E-state index contributed by atoms with van der Waals surface area (Å²) in [6.07, 6.45) is 3.71. The standard InChI is InChI=1S/C12H13NO4/c14-12(15)10-6-11-9(3-5-17-11)13(10)7-8-2-1-4-16-8/h3,5-6,8H,1-2,4,7H2,(H,14,15)/t8-/m0/s1. The fourth-order valence-electron chi connectivity index (χ4n) is 2.34. The van der Waals surface area contributed by atoms with Crippen LogP contribution in [0, 0.1) is 0 Å². The molecule has 0 amide bonds. The van der Waals surface area contributed by atoms with Crippen molar-refractivity contribution in [2.75, 3.05) is 6.61 Å². The van der Waals surface area contributed by atoms with Gasteiger partial charge < -0.3 is 18.8 Å². The monoisotopic (exact) mass is 235 g/mol. The average molecular weight is 235 g/mol. The highest BCUT2D eigenvalue weighted by Crippen LogP contribution is 2.24. The van der Waals surface area contributed by atoms with Gasteiger partial charge in [0.2, 0.25) is 0 Å². The van der Waals surface area contributed by atoms with Crippen molar-refractivity contribution in [1.82, 2.24) is 4.57 Å². The third-order valence-corrected chi connectivity index (χ3v) is 3.15. The second-order valence-corrected chi connectivity index (χ2v) is 4.25. The van der Waals surface area contributed by atoms with Crippen molar-refractivity contribution < 1.29 is 19.1 Å². The van der Waals surface area contributed by atoms with E-state index in [-0.39, 0.29) is 11.8 Å². The van der Waals surface area contributed by atoms with Crippen molar-refractivity contribution >= 4 is 17.1 Å². The summed E-state index contributed by atoms with van der Waals surface area (Å²) in [4.78, 5) is 11.2. The molecule has 1 atom stereocenters. The molecule has 0 bridgehead atoms. The maximum atomic E-state index is 11.2. The lowest BCUT2D eigenvalue weighted by atomic mass is 10.2. The number of hydrogen-bond donors (Lipinski definition) is 1. The van der Waals surface area contributed by atoms with Gasteiger partial charge in [0.25, 0.3) is 0 Å². The summed E-state index contributed by atoms with van der Waals surface area (Å²) in [5, 5.41) is 9.16. The number of hydrogen-bond acceptors (Lipinski definition) is 3. The van der Waals surface area contributed by atoms with Gasteiger partial charge in [-0.15, -0.1) is 0 Å². The predicted molar refractivity (Wildman–Crippen MR) is 60.1 cm³/mol. The number of nitrogens with zero attached hydrogens (tertiary/aromatic N) is 1. The number of ether oxygens (including phenoxy) is 1. The Labute approximate surface area is 97.6 Å². The predicted octanol–water partition coefficient (Wildman–Crippen LogP) is 2.11. The van der Waals surface area contributed by atoms with Gasteiger partial charge in [-0.2, -0.15) is 0 Å². The Morgan fingerprint density at radius 2 is 2.47 bits per heavy atom. The van der Waals surface area contributed by atoms with Crippen LogP contribution in [0.25, 0.3) is 11.1 Å². The van der Waals surface area contributed by atoms with E-state index in [4.69, 9.17) is 14.3 Å². The van der Waals surface area contributed by atoms with Gasteiger partial charge in [0.1, 0.15) is 5.69 Å². The average Bonchev–Trinajstić information content (AvgIpc) is 2.96. The number of rotatable bonds is 3. The minimum atomic E-state index is -0.936. The number of carbonyl (C=O) groups is 1. The van der Waals surface area contributed by atoms with Crippen molar-refractivity contribution in [2.45, 2.75) is 25.5 Å². The van der Waals surface area contributed by atoms with E-state index in [0.717, 1.165) is 25.0 Å². The topological polar surface area (TPSA) is 64.6 Å². The summed E-state index contributed by atoms with van der Waals surface area (Å²) in [6, 6.07) is 3.35. The van der Waals surface area contributed by atoms with Crippen LogP contribution in [-0.2, 0) is 11.3 Å². The van der Waals surface area contributed by atoms with Crippen molar-refractivity contribution in [3.05, 3.63) is 24.1 Å². The Bertz CT molecular complexity index is 548. The number of carboxylic acid groups (broad SMARTS) is 1. The molecule has 90 valence electrons. The molecular weight excluding hydrogens is 222 g/mol. The summed E-state index contributed by atoms with van der Waals surface area (Å²) < 4.78 is 12.5. The second-order valence-electron chi connectivity index (χ2n) is 4.25. The Kier molecular flexibility index (Phi) is 2.40. The molecule has 17 heavy (non-hydrogen) atoms. The van der Waals surface area contributed by atoms with Crippen LogP contribution in [0.1, 0.15) is 23.3 Å². The molecule has 1 N–H and O–H groups in total. The van der Waals surface area contributed by atoms with Gasteiger partial charge in [-0.05, 0) is 12.8 Å². The Balaban J connectivity index is 2.01. The molecule has 0 radical (unpaired) electrons. The van der Waals surface area contributed by atoms with Crippen molar-refractivity contribution in [2.24, 2.45) is 0 Å². The Morgan fingerprint density at radius 3 is 3.18 bits per heavy atom. The summed E-state index contributed by atoms with van der Waals surface area (Å²) in [7, 11) is 0. The van der Waals surface area contributed by atoms with Gasteiger partial charge >= 0.3 is 5.97 Å². The molecule has 1 aliphatic heterocycles. The third kappa shape index (κ3) is 1.72. The van der Waals surface area contributed by atoms with E-state index in [1.807, 2.05) is 0 Å². The lowest BCUT2D eigenvalue weighted by Gasteiger charge is -2.12. The van der Waals surface area contributed by atoms with Crippen molar-refractivity contribution in [1.29, 1.82) is 0 Å². The molecule has 0 unspecified atom stereocenters. The largest absolute Gasteiger partial charge is 0.477 e. The van der Waals surface area contributed by atoms with Crippen LogP contribution in [-0.4, -0.2) is 28.4 Å². The van der Waals surface area contributed by atoms with Crippen LogP contribution in [0.5, 0.6) is 0 Å². The molecule has 0 spiro atoms. The van der Waals surface area contributed by atoms with Gasteiger partial charge in [-0.25, -0.2) is 4.79 Å². The number of carboxylic acids is 1. The molecule has 0 aliphatic carbocycles. The van der Waals surface area contributed by atoms with E-state index in [1.165, 1.54) is 0 Å². The van der Waals surface area contributed by atoms with E-state index < -0.39 is 5.97 Å². The molecule has 3 heterocycles. The van der Waals surface area contributed by atoms with Gasteiger partial charge in [0.05, 0.1) is 17.9 Å². The maximum absolute atomic E-state index is 11.2. The summed E-state index contributed by atoms with van der Waals surface area (Å²) >= 11 is 0. The number of aromatic carboxylic acids is 1. The molecule has 1 fully saturated rings. The molecule has 0 aromatic carbocycles. The zero-order valence-corrected chi connectivity index (χ0v) is 9.26. The SMILES string of the molecule is O=C(O)c1cc2occc2n1C[C@@H]1CCCO1. The summed E-state index contributed by atoms with van der Waals surface area (Å²) in [6.45, 7) is 1.34. The lowest BCUT2D eigenvalue weighted by molar-refractivity contribution is 0.0672. The first-order valence-electron chi connectivity index (χ1n) is 5.67. The molecule has 1 saturated heterocycles. The zero-order chi connectivity index (χ0) is 11.8. The van der Waals surface area contributed by atoms with Gasteiger partial charge in [-0.3, -0.25) is 0 Å².